The van der Waals surface area contributed by atoms with Gasteiger partial charge in [-0.25, -0.2) is 4.98 Å². The van der Waals surface area contributed by atoms with Crippen LogP contribution in [0.4, 0.5) is 5.69 Å². The molecule has 3 aromatic rings. The van der Waals surface area contributed by atoms with Crippen molar-refractivity contribution in [2.24, 2.45) is 0 Å². The van der Waals surface area contributed by atoms with Crippen molar-refractivity contribution in [3.8, 4) is 0 Å². The van der Waals surface area contributed by atoms with Gasteiger partial charge >= 0.3 is 0 Å². The molecule has 6 heteroatoms. The SMILES string of the molecule is Cc1ccc(C)c(N2CC(c3nc4ccccc4n3CC(=O)N3CCCCCC3)CC2=O)c1. The Morgan fingerprint density at radius 2 is 1.79 bits per heavy atom. The quantitative estimate of drug-likeness (QED) is 0.592. The molecule has 1 unspecified atom stereocenters. The fraction of sp³-hybridized carbons (Fsp3) is 0.444. The zero-order chi connectivity index (χ0) is 22.9. The summed E-state index contributed by atoms with van der Waals surface area (Å²) >= 11 is 0. The molecule has 2 aliphatic rings. The molecule has 2 aliphatic heterocycles. The Morgan fingerprint density at radius 3 is 2.58 bits per heavy atom. The Balaban J connectivity index is 1.46. The average Bonchev–Trinajstić information content (AvgIpc) is 3.23. The second kappa shape index (κ2) is 9.00. The molecule has 6 nitrogen and oxygen atoms in total. The molecule has 0 radical (unpaired) electrons. The number of amides is 2. The van der Waals surface area contributed by atoms with Gasteiger partial charge in [-0.15, -0.1) is 0 Å². The molecule has 3 heterocycles. The van der Waals surface area contributed by atoms with Crippen molar-refractivity contribution < 1.29 is 9.59 Å². The Labute approximate surface area is 195 Å². The highest BCUT2D eigenvalue weighted by molar-refractivity contribution is 5.97. The monoisotopic (exact) mass is 444 g/mol. The second-order valence-electron chi connectivity index (χ2n) is 9.54. The van der Waals surface area contributed by atoms with Crippen molar-refractivity contribution in [3.05, 3.63) is 59.4 Å². The number of hydrogen-bond acceptors (Lipinski definition) is 3. The number of para-hydroxylation sites is 2. The molecule has 0 saturated carbocycles. The number of nitrogens with zero attached hydrogens (tertiary/aromatic N) is 4. The van der Waals surface area contributed by atoms with Crippen molar-refractivity contribution in [1.82, 2.24) is 14.5 Å². The lowest BCUT2D eigenvalue weighted by molar-refractivity contribution is -0.131. The summed E-state index contributed by atoms with van der Waals surface area (Å²) in [5, 5.41) is 0. The number of benzene rings is 2. The standard InChI is InChI=1S/C27H32N4O2/c1-19-11-12-20(2)24(15-19)30-17-21(16-25(30)32)27-28-22-9-5-6-10-23(22)31(27)18-26(33)29-13-7-3-4-8-14-29/h5-6,9-12,15,21H,3-4,7-8,13-14,16-18H2,1-2H3. The largest absolute Gasteiger partial charge is 0.341 e. The first-order valence-corrected chi connectivity index (χ1v) is 12.1. The number of rotatable bonds is 4. The van der Waals surface area contributed by atoms with E-state index in [-0.39, 0.29) is 24.3 Å². The predicted molar refractivity (Wildman–Crippen MR) is 130 cm³/mol. The Kier molecular flexibility index (Phi) is 5.92. The van der Waals surface area contributed by atoms with E-state index in [0.29, 0.717) is 13.0 Å². The number of imidazole rings is 1. The van der Waals surface area contributed by atoms with Crippen molar-refractivity contribution in [3.63, 3.8) is 0 Å². The van der Waals surface area contributed by atoms with E-state index in [4.69, 9.17) is 4.98 Å². The predicted octanol–water partition coefficient (Wildman–Crippen LogP) is 4.58. The number of carbonyl (C=O) groups excluding carboxylic acids is 2. The maximum atomic E-state index is 13.3. The van der Waals surface area contributed by atoms with Gasteiger partial charge in [0.15, 0.2) is 0 Å². The van der Waals surface area contributed by atoms with Gasteiger partial charge in [0.25, 0.3) is 0 Å². The van der Waals surface area contributed by atoms with E-state index in [1.54, 1.807) is 0 Å². The fourth-order valence-corrected chi connectivity index (χ4v) is 5.25. The molecule has 0 aliphatic carbocycles. The average molecular weight is 445 g/mol. The summed E-state index contributed by atoms with van der Waals surface area (Å²) in [7, 11) is 0. The van der Waals surface area contributed by atoms with Gasteiger partial charge in [-0.1, -0.05) is 37.1 Å². The van der Waals surface area contributed by atoms with Crippen LogP contribution in [-0.4, -0.2) is 45.9 Å². The minimum atomic E-state index is -0.0401. The third kappa shape index (κ3) is 4.26. The van der Waals surface area contributed by atoms with Crippen LogP contribution in [0.15, 0.2) is 42.5 Å². The highest BCUT2D eigenvalue weighted by Crippen LogP contribution is 2.35. The lowest BCUT2D eigenvalue weighted by Crippen LogP contribution is -2.35. The van der Waals surface area contributed by atoms with Crippen LogP contribution in [0.3, 0.4) is 0 Å². The molecule has 2 amide bonds. The maximum absolute atomic E-state index is 13.3. The van der Waals surface area contributed by atoms with Crippen LogP contribution >= 0.6 is 0 Å². The van der Waals surface area contributed by atoms with Gasteiger partial charge in [0.1, 0.15) is 12.4 Å². The topological polar surface area (TPSA) is 58.4 Å². The minimum Gasteiger partial charge on any atom is -0.341 e. The first kappa shape index (κ1) is 21.7. The summed E-state index contributed by atoms with van der Waals surface area (Å²) < 4.78 is 2.06. The first-order chi connectivity index (χ1) is 16.0. The molecule has 2 fully saturated rings. The molecular weight excluding hydrogens is 412 g/mol. The molecule has 1 aromatic heterocycles. The van der Waals surface area contributed by atoms with E-state index in [2.05, 4.69) is 29.7 Å². The van der Waals surface area contributed by atoms with Gasteiger partial charge in [0.05, 0.1) is 11.0 Å². The fourth-order valence-electron chi connectivity index (χ4n) is 5.25. The Bertz CT molecular complexity index is 1190. The normalized spacial score (nSPS) is 19.3. The van der Waals surface area contributed by atoms with E-state index in [1.165, 1.54) is 12.8 Å². The molecular formula is C27H32N4O2. The number of fused-ring (bicyclic) bond motifs is 1. The Morgan fingerprint density at radius 1 is 1.03 bits per heavy atom. The molecule has 172 valence electrons. The lowest BCUT2D eigenvalue weighted by atomic mass is 10.1. The number of carbonyl (C=O) groups is 2. The van der Waals surface area contributed by atoms with E-state index >= 15 is 0 Å². The number of aromatic nitrogens is 2. The summed E-state index contributed by atoms with van der Waals surface area (Å²) in [6, 6.07) is 14.2. The smallest absolute Gasteiger partial charge is 0.242 e. The number of likely N-dealkylation sites (tertiary alicyclic amines) is 1. The molecule has 0 bridgehead atoms. The number of anilines is 1. The summed E-state index contributed by atoms with van der Waals surface area (Å²) in [5.41, 5.74) is 5.06. The highest BCUT2D eigenvalue weighted by Gasteiger charge is 2.36. The van der Waals surface area contributed by atoms with Crippen LogP contribution < -0.4 is 4.90 Å². The first-order valence-electron chi connectivity index (χ1n) is 12.1. The van der Waals surface area contributed by atoms with E-state index < -0.39 is 0 Å². The number of hydrogen-bond donors (Lipinski definition) is 0. The van der Waals surface area contributed by atoms with E-state index in [9.17, 15) is 9.59 Å². The molecule has 0 N–H and O–H groups in total. The summed E-state index contributed by atoms with van der Waals surface area (Å²) in [5.74, 6) is 1.07. The summed E-state index contributed by atoms with van der Waals surface area (Å²) in [4.78, 5) is 35.2. The lowest BCUT2D eigenvalue weighted by Gasteiger charge is -2.22. The van der Waals surface area contributed by atoms with E-state index in [0.717, 1.165) is 59.6 Å². The van der Waals surface area contributed by atoms with Gasteiger partial charge in [0, 0.05) is 37.7 Å². The zero-order valence-corrected chi connectivity index (χ0v) is 19.6. The third-order valence-electron chi connectivity index (χ3n) is 7.08. The minimum absolute atomic E-state index is 0.0401. The van der Waals surface area contributed by atoms with Crippen LogP contribution in [0.25, 0.3) is 11.0 Å². The molecule has 1 atom stereocenters. The van der Waals surface area contributed by atoms with Crippen LogP contribution in [0.1, 0.15) is 55.0 Å². The van der Waals surface area contributed by atoms with Gasteiger partial charge in [-0.3, -0.25) is 9.59 Å². The second-order valence-corrected chi connectivity index (χ2v) is 9.54. The van der Waals surface area contributed by atoms with E-state index in [1.807, 2.05) is 41.0 Å². The van der Waals surface area contributed by atoms with Gasteiger partial charge in [-0.05, 0) is 56.0 Å². The third-order valence-corrected chi connectivity index (χ3v) is 7.08. The van der Waals surface area contributed by atoms with Crippen molar-refractivity contribution in [2.75, 3.05) is 24.5 Å². The molecule has 33 heavy (non-hydrogen) atoms. The van der Waals surface area contributed by atoms with Crippen LogP contribution in [0.5, 0.6) is 0 Å². The van der Waals surface area contributed by atoms with Gasteiger partial charge < -0.3 is 14.4 Å². The molecule has 0 spiro atoms. The van der Waals surface area contributed by atoms with Crippen LogP contribution in [0.2, 0.25) is 0 Å². The molecule has 2 saturated heterocycles. The van der Waals surface area contributed by atoms with Crippen molar-refractivity contribution in [1.29, 1.82) is 0 Å². The van der Waals surface area contributed by atoms with Gasteiger partial charge in [-0.2, -0.15) is 0 Å². The van der Waals surface area contributed by atoms with Crippen molar-refractivity contribution in [2.45, 2.75) is 58.4 Å². The van der Waals surface area contributed by atoms with Gasteiger partial charge in [0.2, 0.25) is 11.8 Å². The summed E-state index contributed by atoms with van der Waals surface area (Å²) in [6.07, 6.45) is 4.95. The van der Waals surface area contributed by atoms with Crippen LogP contribution in [-0.2, 0) is 16.1 Å². The molecule has 2 aromatic carbocycles. The summed E-state index contributed by atoms with van der Waals surface area (Å²) in [6.45, 7) is 6.64. The van der Waals surface area contributed by atoms with Crippen molar-refractivity contribution >= 4 is 28.5 Å². The maximum Gasteiger partial charge on any atom is 0.242 e. The Hall–Kier alpha value is -3.15. The number of aryl methyl sites for hydroxylation is 2. The highest BCUT2D eigenvalue weighted by atomic mass is 16.2. The molecule has 5 rings (SSSR count). The zero-order valence-electron chi connectivity index (χ0n) is 19.6. The van der Waals surface area contributed by atoms with Crippen LogP contribution in [0, 0.1) is 13.8 Å².